The highest BCUT2D eigenvalue weighted by Gasteiger charge is 2.21. The van der Waals surface area contributed by atoms with Crippen LogP contribution in [-0.2, 0) is 11.3 Å². The van der Waals surface area contributed by atoms with Gasteiger partial charge < -0.3 is 9.47 Å². The molecule has 1 heterocycles. The van der Waals surface area contributed by atoms with Crippen molar-refractivity contribution in [1.29, 1.82) is 5.26 Å². The van der Waals surface area contributed by atoms with Crippen molar-refractivity contribution in [3.63, 3.8) is 0 Å². The number of carbonyl (C=O) groups is 1. The lowest BCUT2D eigenvalue weighted by molar-refractivity contribution is -0.385. The molecular weight excluding hydrogens is 388 g/mol. The Bertz CT molecular complexity index is 1130. The Hall–Kier alpha value is -4.19. The van der Waals surface area contributed by atoms with Crippen molar-refractivity contribution in [3.8, 4) is 17.5 Å². The van der Waals surface area contributed by atoms with Crippen LogP contribution in [0.1, 0.15) is 34.2 Å². The fraction of sp³-hybridized carbons (Fsp3) is 0.190. The van der Waals surface area contributed by atoms with Gasteiger partial charge in [0.2, 0.25) is 0 Å². The minimum atomic E-state index is -0.761. The van der Waals surface area contributed by atoms with E-state index in [0.717, 1.165) is 6.07 Å². The number of carbonyl (C=O) groups excluding carboxylic acids is 1. The van der Waals surface area contributed by atoms with E-state index in [2.05, 4.69) is 11.2 Å². The lowest BCUT2D eigenvalue weighted by Gasteiger charge is -2.10. The number of nitrogens with zero attached hydrogens (tertiary/aromatic N) is 4. The zero-order chi connectivity index (χ0) is 21.7. The molecule has 0 radical (unpaired) electrons. The van der Waals surface area contributed by atoms with Gasteiger partial charge >= 0.3 is 11.7 Å². The van der Waals surface area contributed by atoms with E-state index in [9.17, 15) is 20.2 Å². The van der Waals surface area contributed by atoms with E-state index in [0.29, 0.717) is 22.6 Å². The molecule has 0 spiro atoms. The molecule has 152 valence electrons. The van der Waals surface area contributed by atoms with Gasteiger partial charge in [-0.1, -0.05) is 18.2 Å². The van der Waals surface area contributed by atoms with Crippen molar-refractivity contribution in [2.24, 2.45) is 0 Å². The lowest BCUT2D eigenvalue weighted by Crippen LogP contribution is -2.10. The summed E-state index contributed by atoms with van der Waals surface area (Å²) in [4.78, 5) is 23.2. The Labute approximate surface area is 172 Å². The Kier molecular flexibility index (Phi) is 6.08. The minimum absolute atomic E-state index is 0.00570. The Morgan fingerprint density at radius 3 is 2.63 bits per heavy atom. The summed E-state index contributed by atoms with van der Waals surface area (Å²) in [7, 11) is 0. The molecule has 0 aliphatic rings. The second-order valence-corrected chi connectivity index (χ2v) is 6.22. The second-order valence-electron chi connectivity index (χ2n) is 6.22. The van der Waals surface area contributed by atoms with E-state index < -0.39 is 10.9 Å². The first-order valence-corrected chi connectivity index (χ1v) is 9.08. The van der Waals surface area contributed by atoms with Gasteiger partial charge in [-0.05, 0) is 38.1 Å². The highest BCUT2D eigenvalue weighted by Crippen LogP contribution is 2.28. The zero-order valence-electron chi connectivity index (χ0n) is 16.4. The first-order valence-electron chi connectivity index (χ1n) is 9.08. The Morgan fingerprint density at radius 1 is 1.27 bits per heavy atom. The summed E-state index contributed by atoms with van der Waals surface area (Å²) in [6.45, 7) is 3.43. The van der Waals surface area contributed by atoms with E-state index in [1.807, 2.05) is 30.3 Å². The molecule has 0 bridgehead atoms. The molecule has 0 amide bonds. The van der Waals surface area contributed by atoms with E-state index in [4.69, 9.17) is 9.47 Å². The van der Waals surface area contributed by atoms with Crippen molar-refractivity contribution in [2.45, 2.75) is 20.5 Å². The van der Waals surface area contributed by atoms with Crippen molar-refractivity contribution < 1.29 is 19.2 Å². The molecule has 0 aliphatic carbocycles. The van der Waals surface area contributed by atoms with Crippen LogP contribution in [0.2, 0.25) is 0 Å². The van der Waals surface area contributed by atoms with Crippen LogP contribution in [0.4, 0.5) is 5.69 Å². The molecule has 9 nitrogen and oxygen atoms in total. The van der Waals surface area contributed by atoms with Crippen molar-refractivity contribution in [2.75, 3.05) is 6.61 Å². The van der Waals surface area contributed by atoms with Crippen molar-refractivity contribution >= 4 is 11.7 Å². The number of nitro groups is 1. The number of para-hydroxylation sites is 1. The van der Waals surface area contributed by atoms with Crippen molar-refractivity contribution in [3.05, 3.63) is 81.2 Å². The number of hydrogen-bond acceptors (Lipinski definition) is 7. The summed E-state index contributed by atoms with van der Waals surface area (Å²) in [5, 5.41) is 25.1. The van der Waals surface area contributed by atoms with Crippen LogP contribution in [0, 0.1) is 28.4 Å². The van der Waals surface area contributed by atoms with Gasteiger partial charge in [-0.25, -0.2) is 9.48 Å². The highest BCUT2D eigenvalue weighted by molar-refractivity contribution is 5.90. The van der Waals surface area contributed by atoms with Gasteiger partial charge in [-0.15, -0.1) is 0 Å². The highest BCUT2D eigenvalue weighted by atomic mass is 16.6. The van der Waals surface area contributed by atoms with Crippen LogP contribution in [0.15, 0.2) is 48.5 Å². The molecule has 3 rings (SSSR count). The van der Waals surface area contributed by atoms with Gasteiger partial charge in [-0.3, -0.25) is 10.1 Å². The number of ether oxygens (including phenoxy) is 2. The molecule has 2 aromatic carbocycles. The monoisotopic (exact) mass is 406 g/mol. The van der Waals surface area contributed by atoms with Crippen LogP contribution < -0.4 is 4.74 Å². The summed E-state index contributed by atoms with van der Waals surface area (Å²) in [6, 6.07) is 15.1. The third kappa shape index (κ3) is 4.12. The number of nitro benzene ring substituents is 1. The molecule has 0 saturated carbocycles. The number of aryl methyl sites for hydroxylation is 1. The van der Waals surface area contributed by atoms with Crippen LogP contribution in [-0.4, -0.2) is 27.3 Å². The maximum absolute atomic E-state index is 12.5. The topological polar surface area (TPSA) is 120 Å². The Morgan fingerprint density at radius 2 is 2.00 bits per heavy atom. The minimum Gasteiger partial charge on any atom is -0.487 e. The molecule has 0 unspecified atom stereocenters. The maximum Gasteiger partial charge on any atom is 0.338 e. The van der Waals surface area contributed by atoms with Gasteiger partial charge in [0.05, 0.1) is 34.2 Å². The maximum atomic E-state index is 12.5. The SMILES string of the molecule is CCOc1ccc(C(=O)OCc2c(C#N)c(C)nn2-c2ccccc2)cc1[N+](=O)[O-]. The van der Waals surface area contributed by atoms with Gasteiger partial charge in [0.15, 0.2) is 5.75 Å². The fourth-order valence-corrected chi connectivity index (χ4v) is 2.92. The van der Waals surface area contributed by atoms with E-state index in [1.54, 1.807) is 18.5 Å². The summed E-state index contributed by atoms with van der Waals surface area (Å²) in [5.74, 6) is -0.688. The standard InChI is InChI=1S/C21H18N4O5/c1-3-29-20-10-9-15(11-18(20)25(27)28)21(26)30-13-19-17(12-22)14(2)23-24(19)16-7-5-4-6-8-16/h4-11H,3,13H2,1-2H3. The molecule has 0 aliphatic heterocycles. The number of aromatic nitrogens is 2. The zero-order valence-corrected chi connectivity index (χ0v) is 16.4. The first kappa shape index (κ1) is 20.5. The van der Waals surface area contributed by atoms with Crippen LogP contribution >= 0.6 is 0 Å². The largest absolute Gasteiger partial charge is 0.487 e. The van der Waals surface area contributed by atoms with Crippen LogP contribution in [0.25, 0.3) is 5.69 Å². The molecule has 30 heavy (non-hydrogen) atoms. The van der Waals surface area contributed by atoms with Crippen LogP contribution in [0.5, 0.6) is 5.75 Å². The Balaban J connectivity index is 1.87. The number of hydrogen-bond donors (Lipinski definition) is 0. The third-order valence-electron chi connectivity index (χ3n) is 4.30. The second kappa shape index (κ2) is 8.87. The average Bonchev–Trinajstić information content (AvgIpc) is 3.08. The van der Waals surface area contributed by atoms with Gasteiger partial charge in [-0.2, -0.15) is 10.4 Å². The predicted octanol–water partition coefficient (Wildman–Crippen LogP) is 3.72. The van der Waals surface area contributed by atoms with E-state index in [-0.39, 0.29) is 30.2 Å². The fourth-order valence-electron chi connectivity index (χ4n) is 2.92. The third-order valence-corrected chi connectivity index (χ3v) is 4.30. The van der Waals surface area contributed by atoms with Crippen molar-refractivity contribution in [1.82, 2.24) is 9.78 Å². The lowest BCUT2D eigenvalue weighted by atomic mass is 10.2. The average molecular weight is 406 g/mol. The summed E-state index contributed by atoms with van der Waals surface area (Å²) in [5.41, 5.74) is 1.62. The van der Waals surface area contributed by atoms with Gasteiger partial charge in [0.1, 0.15) is 18.2 Å². The summed E-state index contributed by atoms with van der Waals surface area (Å²) < 4.78 is 12.1. The van der Waals surface area contributed by atoms with Gasteiger partial charge in [0.25, 0.3) is 0 Å². The van der Waals surface area contributed by atoms with Crippen LogP contribution in [0.3, 0.4) is 0 Å². The predicted molar refractivity (Wildman–Crippen MR) is 106 cm³/mol. The molecule has 0 saturated heterocycles. The molecule has 0 N–H and O–H groups in total. The summed E-state index contributed by atoms with van der Waals surface area (Å²) in [6.07, 6.45) is 0. The number of rotatable bonds is 7. The van der Waals surface area contributed by atoms with Gasteiger partial charge in [0, 0.05) is 6.07 Å². The molecule has 3 aromatic rings. The molecule has 9 heteroatoms. The normalized spacial score (nSPS) is 10.3. The smallest absolute Gasteiger partial charge is 0.338 e. The molecule has 0 atom stereocenters. The quantitative estimate of drug-likeness (QED) is 0.333. The molecule has 0 fully saturated rings. The molecule has 1 aromatic heterocycles. The number of nitriles is 1. The van der Waals surface area contributed by atoms with E-state index in [1.165, 1.54) is 12.1 Å². The first-order chi connectivity index (χ1) is 14.5. The number of esters is 1. The number of benzene rings is 2. The molecular formula is C21H18N4O5. The van der Waals surface area contributed by atoms with E-state index >= 15 is 0 Å². The summed E-state index contributed by atoms with van der Waals surface area (Å²) >= 11 is 0.